The molecule has 2 aliphatic heterocycles. The van der Waals surface area contributed by atoms with Crippen molar-refractivity contribution in [1.29, 1.82) is 0 Å². The predicted molar refractivity (Wildman–Crippen MR) is 76.4 cm³/mol. The summed E-state index contributed by atoms with van der Waals surface area (Å²) in [4.78, 5) is 28.7. The van der Waals surface area contributed by atoms with Crippen molar-refractivity contribution in [1.82, 2.24) is 9.80 Å². The molecule has 0 N–H and O–H groups in total. The van der Waals surface area contributed by atoms with E-state index in [0.717, 1.165) is 25.8 Å². The van der Waals surface area contributed by atoms with Crippen LogP contribution in [0.4, 0.5) is 4.79 Å². The molecule has 5 heteroatoms. The highest BCUT2D eigenvalue weighted by Gasteiger charge is 2.56. The first kappa shape index (κ1) is 15.1. The normalized spacial score (nSPS) is 27.0. The highest BCUT2D eigenvalue weighted by Crippen LogP contribution is 2.40. The van der Waals surface area contributed by atoms with Gasteiger partial charge in [0.15, 0.2) is 0 Å². The molecule has 1 spiro atoms. The molecular weight excluding hydrogens is 256 g/mol. The second-order valence-corrected chi connectivity index (χ2v) is 7.11. The van der Waals surface area contributed by atoms with Crippen LogP contribution >= 0.6 is 0 Å². The number of nitrogens with zero attached hydrogens (tertiary/aromatic N) is 2. The van der Waals surface area contributed by atoms with E-state index < -0.39 is 11.1 Å². The van der Waals surface area contributed by atoms with E-state index in [1.54, 1.807) is 4.90 Å². The minimum atomic E-state index is -0.646. The van der Waals surface area contributed by atoms with Crippen molar-refractivity contribution in [2.24, 2.45) is 0 Å². The standard InChI is InChI=1S/C15H26N2O3/c1-11(2)16-10-8-15(12(16)18)7-6-9-17(15)13(19)20-14(3,4)5/h11H,6-10H2,1-5H3. The summed E-state index contributed by atoms with van der Waals surface area (Å²) in [6, 6.07) is 0.183. The maximum atomic E-state index is 12.7. The molecule has 20 heavy (non-hydrogen) atoms. The third kappa shape index (κ3) is 2.50. The van der Waals surface area contributed by atoms with Gasteiger partial charge in [-0.25, -0.2) is 4.79 Å². The van der Waals surface area contributed by atoms with Gasteiger partial charge in [0.05, 0.1) is 0 Å². The molecule has 114 valence electrons. The van der Waals surface area contributed by atoms with E-state index in [0.29, 0.717) is 6.54 Å². The molecule has 0 radical (unpaired) electrons. The summed E-state index contributed by atoms with van der Waals surface area (Å²) in [6.45, 7) is 10.9. The molecule has 2 amide bonds. The average molecular weight is 282 g/mol. The molecule has 0 aromatic rings. The summed E-state index contributed by atoms with van der Waals surface area (Å²) < 4.78 is 5.47. The van der Waals surface area contributed by atoms with E-state index in [4.69, 9.17) is 4.74 Å². The Morgan fingerprint density at radius 3 is 2.40 bits per heavy atom. The van der Waals surface area contributed by atoms with E-state index >= 15 is 0 Å². The van der Waals surface area contributed by atoms with Crippen molar-refractivity contribution in [3.63, 3.8) is 0 Å². The van der Waals surface area contributed by atoms with Gasteiger partial charge in [-0.3, -0.25) is 9.69 Å². The zero-order valence-corrected chi connectivity index (χ0v) is 13.2. The van der Waals surface area contributed by atoms with Crippen molar-refractivity contribution in [3.05, 3.63) is 0 Å². The molecular formula is C15H26N2O3. The first-order chi connectivity index (χ1) is 9.17. The first-order valence-electron chi connectivity index (χ1n) is 7.49. The lowest BCUT2D eigenvalue weighted by molar-refractivity contribution is -0.137. The number of likely N-dealkylation sites (tertiary alicyclic amines) is 2. The fraction of sp³-hybridized carbons (Fsp3) is 0.867. The SMILES string of the molecule is CC(C)N1CCC2(CCCN2C(=O)OC(C)(C)C)C1=O. The third-order valence-corrected chi connectivity index (χ3v) is 4.15. The topological polar surface area (TPSA) is 49.9 Å². The zero-order valence-electron chi connectivity index (χ0n) is 13.2. The molecule has 1 unspecified atom stereocenters. The highest BCUT2D eigenvalue weighted by molar-refractivity contribution is 5.92. The number of amides is 2. The third-order valence-electron chi connectivity index (χ3n) is 4.15. The van der Waals surface area contributed by atoms with Crippen LogP contribution in [0, 0.1) is 0 Å². The van der Waals surface area contributed by atoms with Crippen LogP contribution < -0.4 is 0 Å². The number of ether oxygens (including phenoxy) is 1. The van der Waals surface area contributed by atoms with Crippen molar-refractivity contribution >= 4 is 12.0 Å². The summed E-state index contributed by atoms with van der Waals surface area (Å²) in [7, 11) is 0. The van der Waals surface area contributed by atoms with Crippen LogP contribution in [0.15, 0.2) is 0 Å². The van der Waals surface area contributed by atoms with Crippen molar-refractivity contribution < 1.29 is 14.3 Å². The number of hydrogen-bond donors (Lipinski definition) is 0. The molecule has 2 aliphatic rings. The van der Waals surface area contributed by atoms with E-state index in [2.05, 4.69) is 0 Å². The quantitative estimate of drug-likeness (QED) is 0.742. The maximum absolute atomic E-state index is 12.7. The number of carbonyl (C=O) groups excluding carboxylic acids is 2. The Hall–Kier alpha value is -1.26. The summed E-state index contributed by atoms with van der Waals surface area (Å²) in [6.07, 6.45) is 2.00. The van der Waals surface area contributed by atoms with Gasteiger partial charge in [-0.1, -0.05) is 0 Å². The van der Waals surface area contributed by atoms with Gasteiger partial charge in [0.25, 0.3) is 0 Å². The molecule has 0 saturated carbocycles. The number of rotatable bonds is 1. The van der Waals surface area contributed by atoms with Gasteiger partial charge in [-0.05, 0) is 53.9 Å². The largest absolute Gasteiger partial charge is 0.444 e. The fourth-order valence-electron chi connectivity index (χ4n) is 3.22. The van der Waals surface area contributed by atoms with Gasteiger partial charge < -0.3 is 9.64 Å². The lowest BCUT2D eigenvalue weighted by Gasteiger charge is -2.35. The van der Waals surface area contributed by atoms with Crippen LogP contribution in [0.3, 0.4) is 0 Å². The van der Waals surface area contributed by atoms with Gasteiger partial charge in [-0.15, -0.1) is 0 Å². The smallest absolute Gasteiger partial charge is 0.411 e. The van der Waals surface area contributed by atoms with Crippen LogP contribution in [0.1, 0.15) is 53.9 Å². The molecule has 0 aromatic heterocycles. The second-order valence-electron chi connectivity index (χ2n) is 7.11. The summed E-state index contributed by atoms with van der Waals surface area (Å²) in [5.41, 5.74) is -1.17. The van der Waals surface area contributed by atoms with E-state index in [9.17, 15) is 9.59 Å². The minimum Gasteiger partial charge on any atom is -0.444 e. The van der Waals surface area contributed by atoms with Crippen molar-refractivity contribution in [2.45, 2.75) is 71.1 Å². The summed E-state index contributed by atoms with van der Waals surface area (Å²) in [5, 5.41) is 0. The molecule has 0 aliphatic carbocycles. The second kappa shape index (κ2) is 4.93. The molecule has 5 nitrogen and oxygen atoms in total. The van der Waals surface area contributed by atoms with Crippen LogP contribution in [-0.2, 0) is 9.53 Å². The summed E-state index contributed by atoms with van der Waals surface area (Å²) >= 11 is 0. The monoisotopic (exact) mass is 282 g/mol. The van der Waals surface area contributed by atoms with Crippen LogP contribution in [-0.4, -0.2) is 52.1 Å². The molecule has 2 rings (SSSR count). The minimum absolute atomic E-state index is 0.0934. The van der Waals surface area contributed by atoms with Crippen LogP contribution in [0.5, 0.6) is 0 Å². The number of hydrogen-bond acceptors (Lipinski definition) is 3. The Balaban J connectivity index is 2.19. The fourth-order valence-corrected chi connectivity index (χ4v) is 3.22. The molecule has 2 fully saturated rings. The van der Waals surface area contributed by atoms with E-state index in [-0.39, 0.29) is 18.0 Å². The summed E-state index contributed by atoms with van der Waals surface area (Å²) in [5.74, 6) is 0.0934. The van der Waals surface area contributed by atoms with Crippen LogP contribution in [0.25, 0.3) is 0 Å². The average Bonchev–Trinajstić information content (AvgIpc) is 2.84. The Morgan fingerprint density at radius 2 is 1.90 bits per heavy atom. The van der Waals surface area contributed by atoms with Crippen molar-refractivity contribution in [2.75, 3.05) is 13.1 Å². The number of carbonyl (C=O) groups is 2. The van der Waals surface area contributed by atoms with Gasteiger partial charge in [0.1, 0.15) is 11.1 Å². The molecule has 1 atom stereocenters. The molecule has 2 saturated heterocycles. The first-order valence-corrected chi connectivity index (χ1v) is 7.49. The van der Waals surface area contributed by atoms with Gasteiger partial charge in [0.2, 0.25) is 5.91 Å². The molecule has 0 aromatic carbocycles. The Kier molecular flexibility index (Phi) is 3.73. The van der Waals surface area contributed by atoms with E-state index in [1.165, 1.54) is 0 Å². The lowest BCUT2D eigenvalue weighted by Crippen LogP contribution is -2.54. The van der Waals surface area contributed by atoms with Crippen LogP contribution in [0.2, 0.25) is 0 Å². The lowest BCUT2D eigenvalue weighted by atomic mass is 9.94. The maximum Gasteiger partial charge on any atom is 0.411 e. The molecule has 2 heterocycles. The Morgan fingerprint density at radius 1 is 1.25 bits per heavy atom. The zero-order chi connectivity index (χ0) is 15.1. The van der Waals surface area contributed by atoms with E-state index in [1.807, 2.05) is 39.5 Å². The predicted octanol–water partition coefficient (Wildman–Crippen LogP) is 2.40. The van der Waals surface area contributed by atoms with Crippen molar-refractivity contribution in [3.8, 4) is 0 Å². The van der Waals surface area contributed by atoms with Gasteiger partial charge >= 0.3 is 6.09 Å². The highest BCUT2D eigenvalue weighted by atomic mass is 16.6. The van der Waals surface area contributed by atoms with Gasteiger partial charge in [0, 0.05) is 19.1 Å². The van der Waals surface area contributed by atoms with Gasteiger partial charge in [-0.2, -0.15) is 0 Å². The Labute approximate surface area is 121 Å². The Bertz CT molecular complexity index is 414. The molecule has 0 bridgehead atoms.